The number of aliphatic carboxylic acids is 2. The fourth-order valence-corrected chi connectivity index (χ4v) is 4.61. The summed E-state index contributed by atoms with van der Waals surface area (Å²) < 4.78 is 0. The molecule has 45 heavy (non-hydrogen) atoms. The quantitative estimate of drug-likeness (QED) is 0.0402. The summed E-state index contributed by atoms with van der Waals surface area (Å²) in [5.74, 6) is -3.08. The number of rotatable bonds is 27. The Morgan fingerprint density at radius 1 is 0.556 bits per heavy atom. The topological polar surface area (TPSA) is 187 Å². The monoisotopic (exact) mass is 652 g/mol. The molecule has 0 aromatic rings. The van der Waals surface area contributed by atoms with E-state index in [-0.39, 0.29) is 12.1 Å². The standard InChI is InChI=1S/2C15H34NO2.C4H7NO4/c2*1-4-5-6-7-8-9-10-11-12-13-14-15(2)16(3,17)18;5-2(4(8)9)1-3(6)7/h2*15,17-18H,4-14H2,1-3H3;2H,1,5H2,(H,6,7)(H,8,9)/q2*+1;/p-2/t;;2-/m..0/s1. The molecule has 0 aliphatic heterocycles. The summed E-state index contributed by atoms with van der Waals surface area (Å²) in [4.78, 5) is 17.6. The summed E-state index contributed by atoms with van der Waals surface area (Å²) in [5.41, 5.74) is 4.73. The molecule has 0 aromatic heterocycles. The molecule has 0 aliphatic rings. The van der Waals surface area contributed by atoms with Crippen LogP contribution in [0.2, 0.25) is 0 Å². The van der Waals surface area contributed by atoms with Crippen LogP contribution in [0.4, 0.5) is 0 Å². The Labute approximate surface area is 275 Å². The van der Waals surface area contributed by atoms with Crippen LogP contribution in [-0.4, -0.2) is 74.6 Å². The van der Waals surface area contributed by atoms with Gasteiger partial charge in [0, 0.05) is 31.3 Å². The first-order valence-electron chi connectivity index (χ1n) is 17.8. The van der Waals surface area contributed by atoms with Crippen molar-refractivity contribution in [3.05, 3.63) is 0 Å². The van der Waals surface area contributed by atoms with Gasteiger partial charge in [-0.3, -0.25) is 0 Å². The van der Waals surface area contributed by atoms with Gasteiger partial charge >= 0.3 is 0 Å². The molecule has 3 atom stereocenters. The van der Waals surface area contributed by atoms with Crippen LogP contribution in [0.25, 0.3) is 0 Å². The van der Waals surface area contributed by atoms with E-state index >= 15 is 0 Å². The van der Waals surface area contributed by atoms with Crippen LogP contribution in [-0.2, 0) is 9.59 Å². The van der Waals surface area contributed by atoms with Crippen molar-refractivity contribution in [3.8, 4) is 0 Å². The van der Waals surface area contributed by atoms with Gasteiger partial charge in [0.1, 0.15) is 26.2 Å². The number of unbranched alkanes of at least 4 members (excludes halogenated alkanes) is 18. The average molecular weight is 652 g/mol. The number of nitrogens with zero attached hydrogens (tertiary/aromatic N) is 2. The van der Waals surface area contributed by atoms with Gasteiger partial charge in [0.25, 0.3) is 0 Å². The van der Waals surface area contributed by atoms with E-state index in [1.807, 2.05) is 13.8 Å². The number of carboxylic acids is 2. The second kappa shape index (κ2) is 31.3. The van der Waals surface area contributed by atoms with Crippen LogP contribution in [0.15, 0.2) is 0 Å². The zero-order chi connectivity index (χ0) is 35.2. The van der Waals surface area contributed by atoms with Crippen molar-refractivity contribution >= 4 is 11.9 Å². The van der Waals surface area contributed by atoms with E-state index in [9.17, 15) is 40.6 Å². The summed E-state index contributed by atoms with van der Waals surface area (Å²) in [5, 5.41) is 56.6. The third-order valence-electron chi connectivity index (χ3n) is 8.31. The van der Waals surface area contributed by atoms with Crippen molar-refractivity contribution in [1.82, 2.24) is 0 Å². The van der Waals surface area contributed by atoms with E-state index in [1.54, 1.807) is 0 Å². The Kier molecular flexibility index (Phi) is 33.4. The molecule has 272 valence electrons. The largest absolute Gasteiger partial charge is 0.550 e. The summed E-state index contributed by atoms with van der Waals surface area (Å²) in [7, 11) is 2.84. The molecule has 0 amide bonds. The lowest BCUT2D eigenvalue weighted by Crippen LogP contribution is -2.45. The van der Waals surface area contributed by atoms with Crippen LogP contribution in [0.1, 0.15) is 175 Å². The lowest BCUT2D eigenvalue weighted by atomic mass is 10.0. The summed E-state index contributed by atoms with van der Waals surface area (Å²) >= 11 is 0. The molecule has 0 aliphatic carbocycles. The molecule has 0 saturated heterocycles. The van der Waals surface area contributed by atoms with E-state index in [2.05, 4.69) is 13.8 Å². The molecule has 0 fully saturated rings. The highest BCUT2D eigenvalue weighted by Crippen LogP contribution is 2.16. The van der Waals surface area contributed by atoms with Crippen LogP contribution in [0.5, 0.6) is 0 Å². The maximum absolute atomic E-state index is 9.71. The Morgan fingerprint density at radius 3 is 0.978 bits per heavy atom. The van der Waals surface area contributed by atoms with E-state index in [1.165, 1.54) is 130 Å². The third-order valence-corrected chi connectivity index (χ3v) is 8.31. The second-order valence-electron chi connectivity index (χ2n) is 13.1. The summed E-state index contributed by atoms with van der Waals surface area (Å²) in [6.45, 7) is 8.27. The number of carbonyl (C=O) groups excluding carboxylic acids is 2. The summed E-state index contributed by atoms with van der Waals surface area (Å²) in [6.07, 6.45) is 27.5. The number of nitrogens with two attached hydrogens (primary N) is 1. The predicted octanol–water partition coefficient (Wildman–Crippen LogP) is 6.03. The molecule has 0 heterocycles. The maximum Gasteiger partial charge on any atom is 0.149 e. The third kappa shape index (κ3) is 38.8. The highest BCUT2D eigenvalue weighted by molar-refractivity contribution is 5.77. The molecule has 2 unspecified atom stereocenters. The zero-order valence-electron chi connectivity index (χ0n) is 29.9. The van der Waals surface area contributed by atoms with Crippen LogP contribution in [0.3, 0.4) is 0 Å². The molecule has 11 nitrogen and oxygen atoms in total. The van der Waals surface area contributed by atoms with E-state index in [4.69, 9.17) is 5.73 Å². The number of hydroxylamine groups is 8. The molecular weight excluding hydrogens is 578 g/mol. The molecule has 0 spiro atoms. The van der Waals surface area contributed by atoms with Crippen LogP contribution < -0.4 is 15.9 Å². The molecule has 6 N–H and O–H groups in total. The smallest absolute Gasteiger partial charge is 0.149 e. The molecular formula is C34H73N3O8. The Bertz CT molecular complexity index is 629. The lowest BCUT2D eigenvalue weighted by molar-refractivity contribution is -1.25. The number of hydrogen-bond acceptors (Lipinski definition) is 9. The first-order valence-corrected chi connectivity index (χ1v) is 17.8. The number of hydrogen-bond donors (Lipinski definition) is 5. The number of quaternary nitrogens is 2. The highest BCUT2D eigenvalue weighted by Gasteiger charge is 2.25. The normalized spacial score (nSPS) is 13.6. The van der Waals surface area contributed by atoms with Crippen molar-refractivity contribution in [3.63, 3.8) is 0 Å². The maximum atomic E-state index is 9.71. The van der Waals surface area contributed by atoms with Gasteiger partial charge in [-0.1, -0.05) is 129 Å². The van der Waals surface area contributed by atoms with Crippen LogP contribution >= 0.6 is 0 Å². The van der Waals surface area contributed by atoms with Gasteiger partial charge in [-0.15, -0.1) is 0 Å². The minimum Gasteiger partial charge on any atom is -0.550 e. The highest BCUT2D eigenvalue weighted by atomic mass is 16.8. The van der Waals surface area contributed by atoms with Gasteiger partial charge in [0.2, 0.25) is 0 Å². The van der Waals surface area contributed by atoms with Gasteiger partial charge in [-0.05, 0) is 36.3 Å². The van der Waals surface area contributed by atoms with Gasteiger partial charge < -0.3 is 25.5 Å². The van der Waals surface area contributed by atoms with E-state index in [0.717, 1.165) is 25.7 Å². The molecule has 0 rings (SSSR count). The molecule has 0 saturated carbocycles. The van der Waals surface area contributed by atoms with Crippen molar-refractivity contribution < 1.29 is 50.3 Å². The first kappa shape index (κ1) is 48.1. The number of carbonyl (C=O) groups is 2. The summed E-state index contributed by atoms with van der Waals surface area (Å²) in [6, 6.07) is -1.63. The van der Waals surface area contributed by atoms with Gasteiger partial charge in [-0.2, -0.15) is 20.8 Å². The van der Waals surface area contributed by atoms with Crippen molar-refractivity contribution in [2.24, 2.45) is 5.73 Å². The zero-order valence-corrected chi connectivity index (χ0v) is 29.9. The molecule has 0 aromatic carbocycles. The fraction of sp³-hybridized carbons (Fsp3) is 0.941. The Morgan fingerprint density at radius 2 is 0.800 bits per heavy atom. The first-order chi connectivity index (χ1) is 21.0. The van der Waals surface area contributed by atoms with Crippen LogP contribution in [0, 0.1) is 0 Å². The van der Waals surface area contributed by atoms with Crippen molar-refractivity contribution in [1.29, 1.82) is 0 Å². The number of carboxylic acid groups (broad SMARTS) is 2. The SMILES string of the molecule is CCCCCCCCCCCCC(C)[N+](C)(O)O.CCCCCCCCCCCCC(C)[N+](C)(O)O.N[C@@H](CC(=O)[O-])C(=O)[O-]. The molecule has 0 radical (unpaired) electrons. The van der Waals surface area contributed by atoms with Crippen molar-refractivity contribution in [2.45, 2.75) is 193 Å². The second-order valence-corrected chi connectivity index (χ2v) is 13.1. The minimum atomic E-state index is -1.58. The predicted molar refractivity (Wildman–Crippen MR) is 174 cm³/mol. The average Bonchev–Trinajstić information content (AvgIpc) is 2.94. The lowest BCUT2D eigenvalue weighted by Gasteiger charge is -2.23. The fourth-order valence-electron chi connectivity index (χ4n) is 4.61. The van der Waals surface area contributed by atoms with Gasteiger partial charge in [-0.25, -0.2) is 0 Å². The Balaban J connectivity index is -0.000000622. The van der Waals surface area contributed by atoms with Gasteiger partial charge in [0.05, 0.1) is 5.97 Å². The Hall–Kier alpha value is -1.34. The van der Waals surface area contributed by atoms with E-state index in [0.29, 0.717) is 0 Å². The minimum absolute atomic E-state index is 0.0842. The van der Waals surface area contributed by atoms with Gasteiger partial charge in [0.15, 0.2) is 0 Å². The van der Waals surface area contributed by atoms with Crippen molar-refractivity contribution in [2.75, 3.05) is 14.1 Å². The van der Waals surface area contributed by atoms with E-state index < -0.39 is 34.0 Å². The molecule has 0 bridgehead atoms. The molecule has 11 heteroatoms.